The van der Waals surface area contributed by atoms with Crippen LogP contribution in [-0.2, 0) is 9.59 Å². The number of allylic oxidation sites excluding steroid dienone is 2. The SMILES string of the molecule is COc1cccc(/C=N\N2C(=O)[C@@H]3[C@H]4C=C[C@@H]([C@@H]5C[C@H]45)[C@H]3C2=O)c1OC. The van der Waals surface area contributed by atoms with E-state index in [1.807, 2.05) is 12.1 Å². The summed E-state index contributed by atoms with van der Waals surface area (Å²) in [5, 5.41) is 5.32. The molecule has 1 aromatic carbocycles. The van der Waals surface area contributed by atoms with Crippen molar-refractivity contribution >= 4 is 18.0 Å². The third kappa shape index (κ3) is 1.95. The Kier molecular flexibility index (Phi) is 3.26. The number of amides is 2. The average Bonchev–Trinajstić information content (AvgIpc) is 3.45. The lowest BCUT2D eigenvalue weighted by Crippen LogP contribution is -2.40. The molecule has 26 heavy (non-hydrogen) atoms. The molecule has 1 aromatic rings. The molecular formula is C20H20N2O4. The molecule has 0 aromatic heterocycles. The van der Waals surface area contributed by atoms with E-state index in [-0.39, 0.29) is 35.5 Å². The van der Waals surface area contributed by atoms with Crippen molar-refractivity contribution in [1.82, 2.24) is 5.01 Å². The van der Waals surface area contributed by atoms with Crippen molar-refractivity contribution in [3.8, 4) is 11.5 Å². The van der Waals surface area contributed by atoms with E-state index in [0.29, 0.717) is 28.9 Å². The Morgan fingerprint density at radius 2 is 1.69 bits per heavy atom. The van der Waals surface area contributed by atoms with Gasteiger partial charge in [-0.1, -0.05) is 18.2 Å². The zero-order valence-corrected chi connectivity index (χ0v) is 14.7. The molecule has 2 saturated carbocycles. The second kappa shape index (κ2) is 5.43. The number of hydrazone groups is 1. The fraction of sp³-hybridized carbons (Fsp3) is 0.450. The minimum atomic E-state index is -0.231. The fourth-order valence-corrected chi connectivity index (χ4v) is 5.19. The number of carbonyl (C=O) groups excluding carboxylic acids is 2. The number of methoxy groups -OCH3 is 2. The molecule has 3 fully saturated rings. The molecule has 2 bridgehead atoms. The molecule has 1 aliphatic heterocycles. The monoisotopic (exact) mass is 352 g/mol. The van der Waals surface area contributed by atoms with Crippen LogP contribution in [0.25, 0.3) is 0 Å². The first-order valence-electron chi connectivity index (χ1n) is 8.96. The number of rotatable bonds is 4. The Hall–Kier alpha value is -2.63. The average molecular weight is 352 g/mol. The van der Waals surface area contributed by atoms with E-state index >= 15 is 0 Å². The number of hydrogen-bond donors (Lipinski definition) is 0. The Balaban J connectivity index is 1.45. The highest BCUT2D eigenvalue weighted by Crippen LogP contribution is 2.65. The standard InChI is InChI=1S/C20H20N2O4/c1-25-15-5-3-4-10(18(15)26-2)9-21-22-19(23)16-11-6-7-12(14-8-13(11)14)17(16)20(22)24/h3-7,9,11-14,16-17H,8H2,1-2H3/b21-9-/t11-,12-,13-,14+,16+,17+/m0/s1. The van der Waals surface area contributed by atoms with Crippen LogP contribution in [0.4, 0.5) is 0 Å². The highest BCUT2D eigenvalue weighted by Gasteiger charge is 2.67. The molecule has 2 amide bonds. The van der Waals surface area contributed by atoms with E-state index in [1.54, 1.807) is 20.3 Å². The van der Waals surface area contributed by atoms with Crippen LogP contribution < -0.4 is 9.47 Å². The number of nitrogens with zero attached hydrogens (tertiary/aromatic N) is 2. The normalized spacial score (nSPS) is 36.5. The largest absolute Gasteiger partial charge is 0.493 e. The van der Waals surface area contributed by atoms with E-state index in [4.69, 9.17) is 9.47 Å². The van der Waals surface area contributed by atoms with Gasteiger partial charge in [0.2, 0.25) is 0 Å². The predicted molar refractivity (Wildman–Crippen MR) is 93.7 cm³/mol. The van der Waals surface area contributed by atoms with Crippen LogP contribution in [0.5, 0.6) is 11.5 Å². The quantitative estimate of drug-likeness (QED) is 0.473. The van der Waals surface area contributed by atoms with Gasteiger partial charge in [-0.2, -0.15) is 10.1 Å². The zero-order chi connectivity index (χ0) is 18.0. The number of ether oxygens (including phenoxy) is 2. The van der Waals surface area contributed by atoms with Crippen LogP contribution in [0.15, 0.2) is 35.5 Å². The van der Waals surface area contributed by atoms with Crippen LogP contribution in [0.2, 0.25) is 0 Å². The molecular weight excluding hydrogens is 332 g/mol. The summed E-state index contributed by atoms with van der Waals surface area (Å²) >= 11 is 0. The Bertz CT molecular complexity index is 825. The van der Waals surface area contributed by atoms with E-state index < -0.39 is 0 Å². The molecule has 1 heterocycles. The van der Waals surface area contributed by atoms with Crippen molar-refractivity contribution < 1.29 is 19.1 Å². The molecule has 6 atom stereocenters. The molecule has 5 aliphatic rings. The molecule has 0 unspecified atom stereocenters. The number of hydrogen-bond acceptors (Lipinski definition) is 5. The smallest absolute Gasteiger partial charge is 0.254 e. The van der Waals surface area contributed by atoms with Gasteiger partial charge in [0.05, 0.1) is 32.3 Å². The van der Waals surface area contributed by atoms with Crippen LogP contribution in [0.3, 0.4) is 0 Å². The lowest BCUT2D eigenvalue weighted by atomic mass is 9.63. The van der Waals surface area contributed by atoms with Crippen molar-refractivity contribution in [2.45, 2.75) is 6.42 Å². The number of benzene rings is 1. The van der Waals surface area contributed by atoms with Crippen molar-refractivity contribution in [3.05, 3.63) is 35.9 Å². The molecule has 0 spiro atoms. The van der Waals surface area contributed by atoms with Gasteiger partial charge < -0.3 is 9.47 Å². The lowest BCUT2D eigenvalue weighted by Gasteiger charge is -2.37. The van der Waals surface area contributed by atoms with Crippen molar-refractivity contribution in [2.75, 3.05) is 14.2 Å². The van der Waals surface area contributed by atoms with Gasteiger partial charge in [-0.25, -0.2) is 0 Å². The van der Waals surface area contributed by atoms with Crippen molar-refractivity contribution in [2.24, 2.45) is 40.6 Å². The fourth-order valence-electron chi connectivity index (χ4n) is 5.19. The number of para-hydroxylation sites is 1. The molecule has 0 radical (unpaired) electrons. The molecule has 6 nitrogen and oxygen atoms in total. The van der Waals surface area contributed by atoms with Crippen molar-refractivity contribution in [1.29, 1.82) is 0 Å². The van der Waals surface area contributed by atoms with Crippen LogP contribution >= 0.6 is 0 Å². The van der Waals surface area contributed by atoms with E-state index in [0.717, 1.165) is 11.4 Å². The second-order valence-corrected chi connectivity index (χ2v) is 7.47. The van der Waals surface area contributed by atoms with E-state index in [9.17, 15) is 9.59 Å². The van der Waals surface area contributed by atoms with Gasteiger partial charge in [0.25, 0.3) is 11.8 Å². The van der Waals surface area contributed by atoms with E-state index in [2.05, 4.69) is 17.3 Å². The van der Waals surface area contributed by atoms with Gasteiger partial charge in [0, 0.05) is 5.56 Å². The number of imide groups is 1. The maximum Gasteiger partial charge on any atom is 0.254 e. The summed E-state index contributed by atoms with van der Waals surface area (Å²) in [7, 11) is 3.11. The maximum absolute atomic E-state index is 12.9. The summed E-state index contributed by atoms with van der Waals surface area (Å²) in [6.07, 6.45) is 6.97. The van der Waals surface area contributed by atoms with Gasteiger partial charge in [-0.15, -0.1) is 0 Å². The summed E-state index contributed by atoms with van der Waals surface area (Å²) in [6, 6.07) is 5.41. The molecule has 134 valence electrons. The molecule has 6 rings (SSSR count). The summed E-state index contributed by atoms with van der Waals surface area (Å²) in [6.45, 7) is 0. The van der Waals surface area contributed by atoms with Gasteiger partial charge in [-0.05, 0) is 42.2 Å². The van der Waals surface area contributed by atoms with Crippen LogP contribution in [0, 0.1) is 35.5 Å². The number of carbonyl (C=O) groups is 2. The van der Waals surface area contributed by atoms with E-state index in [1.165, 1.54) is 6.21 Å². The summed E-state index contributed by atoms with van der Waals surface area (Å²) in [4.78, 5) is 25.8. The highest BCUT2D eigenvalue weighted by atomic mass is 16.5. The first-order chi connectivity index (χ1) is 12.7. The third-order valence-electron chi connectivity index (χ3n) is 6.39. The first kappa shape index (κ1) is 15.6. The highest BCUT2D eigenvalue weighted by molar-refractivity contribution is 6.06. The third-order valence-corrected chi connectivity index (χ3v) is 6.39. The van der Waals surface area contributed by atoms with Gasteiger partial charge in [-0.3, -0.25) is 9.59 Å². The molecule has 1 saturated heterocycles. The molecule has 0 N–H and O–H groups in total. The van der Waals surface area contributed by atoms with Gasteiger partial charge in [0.1, 0.15) is 0 Å². The maximum atomic E-state index is 12.9. The minimum Gasteiger partial charge on any atom is -0.493 e. The Labute approximate surface area is 151 Å². The summed E-state index contributed by atoms with van der Waals surface area (Å²) in [5.41, 5.74) is 0.659. The summed E-state index contributed by atoms with van der Waals surface area (Å²) < 4.78 is 10.7. The first-order valence-corrected chi connectivity index (χ1v) is 8.96. The Morgan fingerprint density at radius 1 is 1.04 bits per heavy atom. The lowest BCUT2D eigenvalue weighted by molar-refractivity contribution is -0.140. The van der Waals surface area contributed by atoms with Gasteiger partial charge in [0.15, 0.2) is 11.5 Å². The molecule has 6 heteroatoms. The second-order valence-electron chi connectivity index (χ2n) is 7.47. The predicted octanol–water partition coefficient (Wildman–Crippen LogP) is 2.09. The zero-order valence-electron chi connectivity index (χ0n) is 14.7. The van der Waals surface area contributed by atoms with Crippen LogP contribution in [0.1, 0.15) is 12.0 Å². The summed E-state index contributed by atoms with van der Waals surface area (Å²) in [5.74, 6) is 1.90. The topological polar surface area (TPSA) is 68.2 Å². The van der Waals surface area contributed by atoms with Crippen LogP contribution in [-0.4, -0.2) is 37.3 Å². The molecule has 4 aliphatic carbocycles. The minimum absolute atomic E-state index is 0.164. The van der Waals surface area contributed by atoms with Gasteiger partial charge >= 0.3 is 0 Å². The van der Waals surface area contributed by atoms with Crippen molar-refractivity contribution in [3.63, 3.8) is 0 Å². The Morgan fingerprint density at radius 3 is 2.27 bits per heavy atom.